The largest absolute Gasteiger partial charge is 0.497 e. The number of hydrogen-bond acceptors (Lipinski definition) is 3. The summed E-state index contributed by atoms with van der Waals surface area (Å²) in [5.41, 5.74) is 1.35. The van der Waals surface area contributed by atoms with Gasteiger partial charge in [0, 0.05) is 18.6 Å². The van der Waals surface area contributed by atoms with Crippen LogP contribution < -0.4 is 10.1 Å². The van der Waals surface area contributed by atoms with Gasteiger partial charge in [-0.15, -0.1) is 0 Å². The second kappa shape index (κ2) is 5.51. The fourth-order valence-electron chi connectivity index (χ4n) is 3.48. The number of nitrogens with zero attached hydrogens (tertiary/aromatic N) is 1. The average Bonchev–Trinajstić information content (AvgIpc) is 2.85. The Balaban J connectivity index is 1.62. The van der Waals surface area contributed by atoms with E-state index >= 15 is 0 Å². The molecular weight excluding hydrogens is 236 g/mol. The van der Waals surface area contributed by atoms with Crippen molar-refractivity contribution in [3.63, 3.8) is 0 Å². The summed E-state index contributed by atoms with van der Waals surface area (Å²) in [4.78, 5) is 2.60. The van der Waals surface area contributed by atoms with Crippen LogP contribution in [0.5, 0.6) is 5.75 Å². The molecule has 3 heteroatoms. The van der Waals surface area contributed by atoms with Crippen LogP contribution in [0.4, 0.5) is 0 Å². The molecule has 2 heterocycles. The molecule has 19 heavy (non-hydrogen) atoms. The fraction of sp³-hybridized carbons (Fsp3) is 0.625. The van der Waals surface area contributed by atoms with E-state index in [2.05, 4.69) is 29.3 Å². The number of fused-ring (bicyclic) bond motifs is 2. The molecule has 1 N–H and O–H groups in total. The van der Waals surface area contributed by atoms with Crippen LogP contribution >= 0.6 is 0 Å². The fourth-order valence-corrected chi connectivity index (χ4v) is 3.48. The lowest BCUT2D eigenvalue weighted by molar-refractivity contribution is 0.212. The zero-order valence-corrected chi connectivity index (χ0v) is 11.9. The van der Waals surface area contributed by atoms with Gasteiger partial charge in [-0.1, -0.05) is 12.1 Å². The van der Waals surface area contributed by atoms with Crippen LogP contribution in [0.3, 0.4) is 0 Å². The number of methoxy groups -OCH3 is 1. The molecule has 2 aliphatic rings. The van der Waals surface area contributed by atoms with E-state index in [-0.39, 0.29) is 0 Å². The first-order chi connectivity index (χ1) is 9.26. The highest BCUT2D eigenvalue weighted by Gasteiger charge is 2.34. The SMILES string of the molecule is COc1ccc([C@@H](C)NC2CCN3CCC2C3)cc1. The molecule has 0 radical (unpaired) electrons. The molecule has 1 aromatic rings. The van der Waals surface area contributed by atoms with Crippen molar-refractivity contribution in [3.8, 4) is 5.75 Å². The summed E-state index contributed by atoms with van der Waals surface area (Å²) in [6.07, 6.45) is 2.66. The van der Waals surface area contributed by atoms with Gasteiger partial charge in [0.05, 0.1) is 7.11 Å². The van der Waals surface area contributed by atoms with E-state index in [0.29, 0.717) is 12.1 Å². The third kappa shape index (κ3) is 2.77. The minimum Gasteiger partial charge on any atom is -0.497 e. The van der Waals surface area contributed by atoms with Gasteiger partial charge in [-0.3, -0.25) is 0 Å². The molecule has 2 fully saturated rings. The minimum absolute atomic E-state index is 0.419. The smallest absolute Gasteiger partial charge is 0.118 e. The molecule has 0 aromatic heterocycles. The lowest BCUT2D eigenvalue weighted by Gasteiger charge is -2.33. The maximum absolute atomic E-state index is 5.21. The highest BCUT2D eigenvalue weighted by atomic mass is 16.5. The van der Waals surface area contributed by atoms with Crippen molar-refractivity contribution >= 4 is 0 Å². The molecule has 2 bridgehead atoms. The molecule has 2 aliphatic heterocycles. The van der Waals surface area contributed by atoms with Gasteiger partial charge >= 0.3 is 0 Å². The summed E-state index contributed by atoms with van der Waals surface area (Å²) in [5.74, 6) is 1.79. The molecule has 0 spiro atoms. The molecule has 4 atom stereocenters. The predicted molar refractivity (Wildman–Crippen MR) is 77.5 cm³/mol. The van der Waals surface area contributed by atoms with Crippen molar-refractivity contribution in [1.29, 1.82) is 0 Å². The minimum atomic E-state index is 0.419. The van der Waals surface area contributed by atoms with Crippen LogP contribution in [0.25, 0.3) is 0 Å². The molecule has 0 saturated carbocycles. The quantitative estimate of drug-likeness (QED) is 0.900. The summed E-state index contributed by atoms with van der Waals surface area (Å²) in [6, 6.07) is 9.54. The Labute approximate surface area is 115 Å². The van der Waals surface area contributed by atoms with Gasteiger partial charge in [0.1, 0.15) is 5.75 Å². The van der Waals surface area contributed by atoms with Gasteiger partial charge in [-0.05, 0) is 56.5 Å². The van der Waals surface area contributed by atoms with E-state index in [0.717, 1.165) is 11.7 Å². The van der Waals surface area contributed by atoms with E-state index in [4.69, 9.17) is 4.74 Å². The zero-order valence-electron chi connectivity index (χ0n) is 11.9. The number of piperidine rings is 1. The van der Waals surface area contributed by atoms with Gasteiger partial charge < -0.3 is 15.0 Å². The highest BCUT2D eigenvalue weighted by Crippen LogP contribution is 2.29. The summed E-state index contributed by atoms with van der Waals surface area (Å²) < 4.78 is 5.21. The first-order valence-corrected chi connectivity index (χ1v) is 7.38. The number of hydrogen-bond donors (Lipinski definition) is 1. The summed E-state index contributed by atoms with van der Waals surface area (Å²) in [6.45, 7) is 6.14. The molecule has 104 valence electrons. The van der Waals surface area contributed by atoms with Crippen molar-refractivity contribution < 1.29 is 4.74 Å². The van der Waals surface area contributed by atoms with Crippen molar-refractivity contribution in [2.45, 2.75) is 31.8 Å². The average molecular weight is 260 g/mol. The molecule has 2 saturated heterocycles. The predicted octanol–water partition coefficient (Wildman–Crippen LogP) is 2.44. The van der Waals surface area contributed by atoms with Gasteiger partial charge in [-0.2, -0.15) is 0 Å². The Kier molecular flexibility index (Phi) is 3.76. The Hall–Kier alpha value is -1.06. The molecule has 1 aromatic carbocycles. The Bertz CT molecular complexity index is 417. The lowest BCUT2D eigenvalue weighted by atomic mass is 9.93. The molecule has 3 nitrogen and oxygen atoms in total. The monoisotopic (exact) mass is 260 g/mol. The first kappa shape index (κ1) is 12.9. The number of benzene rings is 1. The zero-order chi connectivity index (χ0) is 13.2. The van der Waals surface area contributed by atoms with E-state index in [9.17, 15) is 0 Å². The standard InChI is InChI=1S/C16H24N2O/c1-12(13-3-5-15(19-2)6-4-13)17-16-8-10-18-9-7-14(16)11-18/h3-6,12,14,16-17H,7-11H2,1-2H3/t12-,14?,16?/m1/s1. The third-order valence-corrected chi connectivity index (χ3v) is 4.71. The lowest BCUT2D eigenvalue weighted by Crippen LogP contribution is -2.44. The van der Waals surface area contributed by atoms with Crippen LogP contribution in [0, 0.1) is 5.92 Å². The Morgan fingerprint density at radius 2 is 1.95 bits per heavy atom. The highest BCUT2D eigenvalue weighted by molar-refractivity contribution is 5.28. The van der Waals surface area contributed by atoms with E-state index in [1.54, 1.807) is 7.11 Å². The normalized spacial score (nSPS) is 31.2. The summed E-state index contributed by atoms with van der Waals surface area (Å²) in [7, 11) is 1.71. The molecular formula is C16H24N2O. The third-order valence-electron chi connectivity index (χ3n) is 4.71. The van der Waals surface area contributed by atoms with E-state index < -0.39 is 0 Å². The van der Waals surface area contributed by atoms with Crippen molar-refractivity contribution in [2.24, 2.45) is 5.92 Å². The van der Waals surface area contributed by atoms with Crippen molar-refractivity contribution in [2.75, 3.05) is 26.7 Å². The van der Waals surface area contributed by atoms with Crippen LogP contribution in [0.15, 0.2) is 24.3 Å². The van der Waals surface area contributed by atoms with E-state index in [1.807, 2.05) is 12.1 Å². The van der Waals surface area contributed by atoms with Gasteiger partial charge in [-0.25, -0.2) is 0 Å². The van der Waals surface area contributed by atoms with Crippen molar-refractivity contribution in [1.82, 2.24) is 10.2 Å². The summed E-state index contributed by atoms with van der Waals surface area (Å²) in [5, 5.41) is 3.83. The second-order valence-corrected chi connectivity index (χ2v) is 5.91. The molecule has 0 amide bonds. The van der Waals surface area contributed by atoms with Gasteiger partial charge in [0.15, 0.2) is 0 Å². The second-order valence-electron chi connectivity index (χ2n) is 5.91. The van der Waals surface area contributed by atoms with E-state index in [1.165, 1.54) is 38.0 Å². The van der Waals surface area contributed by atoms with Crippen molar-refractivity contribution in [3.05, 3.63) is 29.8 Å². The maximum atomic E-state index is 5.21. The van der Waals surface area contributed by atoms with Crippen LogP contribution in [0.2, 0.25) is 0 Å². The Morgan fingerprint density at radius 1 is 1.21 bits per heavy atom. The van der Waals surface area contributed by atoms with Crippen LogP contribution in [-0.4, -0.2) is 37.7 Å². The van der Waals surface area contributed by atoms with Crippen LogP contribution in [0.1, 0.15) is 31.4 Å². The molecule has 3 unspecified atom stereocenters. The number of ether oxygens (including phenoxy) is 1. The molecule has 3 rings (SSSR count). The number of rotatable bonds is 4. The van der Waals surface area contributed by atoms with Gasteiger partial charge in [0.2, 0.25) is 0 Å². The summed E-state index contributed by atoms with van der Waals surface area (Å²) >= 11 is 0. The Morgan fingerprint density at radius 3 is 2.68 bits per heavy atom. The van der Waals surface area contributed by atoms with Gasteiger partial charge in [0.25, 0.3) is 0 Å². The first-order valence-electron chi connectivity index (χ1n) is 7.38. The topological polar surface area (TPSA) is 24.5 Å². The maximum Gasteiger partial charge on any atom is 0.118 e. The number of nitrogens with one attached hydrogen (secondary N) is 1. The van der Waals surface area contributed by atoms with Crippen LogP contribution in [-0.2, 0) is 0 Å². The molecule has 0 aliphatic carbocycles.